The third-order valence-corrected chi connectivity index (χ3v) is 4.15. The molecule has 2 bridgehead atoms. The molecule has 0 spiro atoms. The maximum Gasteiger partial charge on any atom is 0.0433 e. The Morgan fingerprint density at radius 3 is 1.54 bits per heavy atom. The zero-order chi connectivity index (χ0) is 9.26. The minimum atomic E-state index is 0.360. The van der Waals surface area contributed by atoms with Crippen LogP contribution >= 0.6 is 0 Å². The van der Waals surface area contributed by atoms with Crippen LogP contribution in [0, 0.1) is 23.7 Å². The van der Waals surface area contributed by atoms with E-state index in [1.165, 1.54) is 19.3 Å². The molecule has 2 aliphatic rings. The summed E-state index contributed by atoms with van der Waals surface area (Å²) in [7, 11) is 0. The van der Waals surface area contributed by atoms with Crippen LogP contribution in [0.15, 0.2) is 0 Å². The lowest BCUT2D eigenvalue weighted by atomic mass is 9.79. The molecule has 0 radical (unpaired) electrons. The van der Waals surface area contributed by atoms with E-state index in [4.69, 9.17) is 10.2 Å². The first-order valence-electron chi connectivity index (χ1n) is 5.57. The monoisotopic (exact) mass is 184 g/mol. The van der Waals surface area contributed by atoms with Gasteiger partial charge in [-0.1, -0.05) is 0 Å². The van der Waals surface area contributed by atoms with E-state index < -0.39 is 0 Å². The van der Waals surface area contributed by atoms with Crippen molar-refractivity contribution in [3.05, 3.63) is 0 Å². The van der Waals surface area contributed by atoms with Gasteiger partial charge in [0.05, 0.1) is 0 Å². The Morgan fingerprint density at radius 2 is 1.23 bits per heavy atom. The van der Waals surface area contributed by atoms with Crippen molar-refractivity contribution in [3.8, 4) is 0 Å². The summed E-state index contributed by atoms with van der Waals surface area (Å²) >= 11 is 0. The Bertz CT molecular complexity index is 151. The predicted octanol–water partition coefficient (Wildman–Crippen LogP) is 1.41. The smallest absolute Gasteiger partial charge is 0.0433 e. The van der Waals surface area contributed by atoms with E-state index in [0.717, 1.165) is 36.5 Å². The molecule has 4 unspecified atom stereocenters. The normalized spacial score (nSPS) is 42.9. The minimum absolute atomic E-state index is 0.360. The average molecular weight is 184 g/mol. The van der Waals surface area contributed by atoms with Gasteiger partial charge in [-0.15, -0.1) is 0 Å². The van der Waals surface area contributed by atoms with Gasteiger partial charge in [0.25, 0.3) is 0 Å². The number of aliphatic hydroxyl groups excluding tert-OH is 2. The Balaban J connectivity index is 1.84. The summed E-state index contributed by atoms with van der Waals surface area (Å²) in [4.78, 5) is 0. The Morgan fingerprint density at radius 1 is 0.769 bits per heavy atom. The first-order valence-corrected chi connectivity index (χ1v) is 5.57. The molecular weight excluding hydrogens is 164 g/mol. The molecule has 0 amide bonds. The van der Waals surface area contributed by atoms with Gasteiger partial charge in [0.2, 0.25) is 0 Å². The summed E-state index contributed by atoms with van der Waals surface area (Å²) in [5.41, 5.74) is 0. The van der Waals surface area contributed by atoms with Crippen LogP contribution in [-0.4, -0.2) is 23.4 Å². The molecule has 2 rings (SSSR count). The van der Waals surface area contributed by atoms with Crippen LogP contribution in [0.1, 0.15) is 32.1 Å². The van der Waals surface area contributed by atoms with Gasteiger partial charge in [-0.2, -0.15) is 0 Å². The van der Waals surface area contributed by atoms with E-state index in [-0.39, 0.29) is 0 Å². The van der Waals surface area contributed by atoms with Crippen LogP contribution in [0.5, 0.6) is 0 Å². The second-order valence-corrected chi connectivity index (χ2v) is 4.77. The number of fused-ring (bicyclic) bond motifs is 2. The van der Waals surface area contributed by atoms with E-state index in [0.29, 0.717) is 13.2 Å². The van der Waals surface area contributed by atoms with Crippen molar-refractivity contribution in [3.63, 3.8) is 0 Å². The van der Waals surface area contributed by atoms with Gasteiger partial charge in [0.15, 0.2) is 0 Å². The topological polar surface area (TPSA) is 40.5 Å². The molecule has 0 aromatic heterocycles. The fourth-order valence-electron chi connectivity index (χ4n) is 3.55. The molecule has 0 aromatic rings. The van der Waals surface area contributed by atoms with Crippen molar-refractivity contribution in [1.29, 1.82) is 0 Å². The van der Waals surface area contributed by atoms with Crippen LogP contribution in [0.3, 0.4) is 0 Å². The van der Waals surface area contributed by atoms with Crippen molar-refractivity contribution in [2.24, 2.45) is 23.7 Å². The van der Waals surface area contributed by atoms with Gasteiger partial charge in [-0.05, 0) is 55.8 Å². The van der Waals surface area contributed by atoms with Gasteiger partial charge in [-0.3, -0.25) is 0 Å². The van der Waals surface area contributed by atoms with Gasteiger partial charge in [0, 0.05) is 13.2 Å². The maximum atomic E-state index is 8.88. The third kappa shape index (κ3) is 1.75. The largest absolute Gasteiger partial charge is 0.396 e. The second kappa shape index (κ2) is 3.97. The lowest BCUT2D eigenvalue weighted by molar-refractivity contribution is 0.171. The zero-order valence-electron chi connectivity index (χ0n) is 8.15. The highest BCUT2D eigenvalue weighted by molar-refractivity contribution is 4.94. The fourth-order valence-corrected chi connectivity index (χ4v) is 3.55. The molecule has 76 valence electrons. The molecule has 2 fully saturated rings. The molecule has 2 aliphatic carbocycles. The SMILES string of the molecule is OCCC1CC2CC1CC2CCO. The van der Waals surface area contributed by atoms with Crippen molar-refractivity contribution in [2.75, 3.05) is 13.2 Å². The molecule has 2 N–H and O–H groups in total. The van der Waals surface area contributed by atoms with E-state index in [9.17, 15) is 0 Å². The zero-order valence-corrected chi connectivity index (χ0v) is 8.15. The van der Waals surface area contributed by atoms with Gasteiger partial charge < -0.3 is 10.2 Å². The predicted molar refractivity (Wildman–Crippen MR) is 51.2 cm³/mol. The van der Waals surface area contributed by atoms with E-state index in [1.807, 2.05) is 0 Å². The van der Waals surface area contributed by atoms with E-state index in [1.54, 1.807) is 0 Å². The number of hydrogen-bond donors (Lipinski definition) is 2. The van der Waals surface area contributed by atoms with Crippen molar-refractivity contribution in [1.82, 2.24) is 0 Å². The highest BCUT2D eigenvalue weighted by Gasteiger charge is 2.44. The van der Waals surface area contributed by atoms with Crippen LogP contribution in [0.25, 0.3) is 0 Å². The summed E-state index contributed by atoms with van der Waals surface area (Å²) in [5.74, 6) is 3.33. The molecule has 2 saturated carbocycles. The van der Waals surface area contributed by atoms with E-state index in [2.05, 4.69) is 0 Å². The lowest BCUT2D eigenvalue weighted by Crippen LogP contribution is -2.19. The van der Waals surface area contributed by atoms with Gasteiger partial charge in [0.1, 0.15) is 0 Å². The van der Waals surface area contributed by atoms with Crippen molar-refractivity contribution in [2.45, 2.75) is 32.1 Å². The summed E-state index contributed by atoms with van der Waals surface area (Å²) in [6.45, 7) is 0.719. The third-order valence-electron chi connectivity index (χ3n) is 4.15. The lowest BCUT2D eigenvalue weighted by Gasteiger charge is -2.27. The standard InChI is InChI=1S/C11H20O2/c12-3-1-8-5-11-7-10(8)6-9(11)2-4-13/h8-13H,1-7H2. The molecule has 0 aliphatic heterocycles. The Kier molecular flexibility index (Phi) is 2.89. The van der Waals surface area contributed by atoms with Gasteiger partial charge >= 0.3 is 0 Å². The summed E-state index contributed by atoms with van der Waals surface area (Å²) in [6, 6.07) is 0. The van der Waals surface area contributed by atoms with Crippen molar-refractivity contribution >= 4 is 0 Å². The summed E-state index contributed by atoms with van der Waals surface area (Å²) < 4.78 is 0. The van der Waals surface area contributed by atoms with Gasteiger partial charge in [-0.25, -0.2) is 0 Å². The van der Waals surface area contributed by atoms with Crippen molar-refractivity contribution < 1.29 is 10.2 Å². The fraction of sp³-hybridized carbons (Fsp3) is 1.00. The first-order chi connectivity index (χ1) is 6.35. The molecule has 2 nitrogen and oxygen atoms in total. The quantitative estimate of drug-likeness (QED) is 0.693. The molecule has 0 heterocycles. The average Bonchev–Trinajstić information content (AvgIpc) is 2.65. The summed E-state index contributed by atoms with van der Waals surface area (Å²) in [6.07, 6.45) is 6.02. The molecule has 4 atom stereocenters. The molecule has 0 saturated heterocycles. The first kappa shape index (κ1) is 9.47. The van der Waals surface area contributed by atoms with Crippen LogP contribution < -0.4 is 0 Å². The molecule has 2 heteroatoms. The van der Waals surface area contributed by atoms with Crippen LogP contribution in [0.2, 0.25) is 0 Å². The molecular formula is C11H20O2. The number of hydrogen-bond acceptors (Lipinski definition) is 2. The minimum Gasteiger partial charge on any atom is -0.396 e. The highest BCUT2D eigenvalue weighted by atomic mass is 16.3. The Labute approximate surface area is 80.0 Å². The van der Waals surface area contributed by atoms with Crippen LogP contribution in [-0.2, 0) is 0 Å². The second-order valence-electron chi connectivity index (χ2n) is 4.77. The number of aliphatic hydroxyl groups is 2. The highest BCUT2D eigenvalue weighted by Crippen LogP contribution is 2.53. The van der Waals surface area contributed by atoms with E-state index >= 15 is 0 Å². The summed E-state index contributed by atoms with van der Waals surface area (Å²) in [5, 5.41) is 17.8. The number of rotatable bonds is 4. The molecule has 0 aromatic carbocycles. The maximum absolute atomic E-state index is 8.88. The Hall–Kier alpha value is -0.0800. The molecule has 13 heavy (non-hydrogen) atoms. The van der Waals surface area contributed by atoms with Crippen LogP contribution in [0.4, 0.5) is 0 Å².